The number of rotatable bonds is 5. The summed E-state index contributed by atoms with van der Waals surface area (Å²) in [6.45, 7) is 3.10. The topological polar surface area (TPSA) is 40.5 Å². The number of nitrogens with zero attached hydrogens (tertiary/aromatic N) is 1. The van der Waals surface area contributed by atoms with E-state index in [1.165, 1.54) is 11.1 Å². The summed E-state index contributed by atoms with van der Waals surface area (Å²) in [4.78, 5) is 13.1. The highest BCUT2D eigenvalue weighted by molar-refractivity contribution is 5.85. The van der Waals surface area contributed by atoms with Crippen molar-refractivity contribution in [2.45, 2.75) is 38.6 Å². The molecule has 2 rings (SSSR count). The zero-order valence-electron chi connectivity index (χ0n) is 11.3. The van der Waals surface area contributed by atoms with Crippen LogP contribution in [0.5, 0.6) is 0 Å². The second-order valence-electron chi connectivity index (χ2n) is 4.97. The normalized spacial score (nSPS) is 17.7. The van der Waals surface area contributed by atoms with Gasteiger partial charge in [-0.25, -0.2) is 0 Å². The highest BCUT2D eigenvalue weighted by Gasteiger charge is 2.26. The van der Waals surface area contributed by atoms with Gasteiger partial charge in [-0.15, -0.1) is 12.4 Å². The van der Waals surface area contributed by atoms with Crippen LogP contribution in [0.4, 0.5) is 0 Å². The van der Waals surface area contributed by atoms with E-state index in [1.807, 2.05) is 0 Å². The monoisotopic (exact) mass is 283 g/mol. The molecule has 0 saturated heterocycles. The summed E-state index contributed by atoms with van der Waals surface area (Å²) in [5.41, 5.74) is 2.72. The lowest BCUT2D eigenvalue weighted by Crippen LogP contribution is -2.36. The molecule has 3 nitrogen and oxygen atoms in total. The Morgan fingerprint density at radius 1 is 1.42 bits per heavy atom. The van der Waals surface area contributed by atoms with Gasteiger partial charge in [0, 0.05) is 6.04 Å². The molecule has 1 aromatic rings. The number of benzene rings is 1. The van der Waals surface area contributed by atoms with Crippen molar-refractivity contribution in [2.75, 3.05) is 13.1 Å². The molecule has 0 heterocycles. The van der Waals surface area contributed by atoms with Crippen molar-refractivity contribution in [3.8, 4) is 0 Å². The van der Waals surface area contributed by atoms with E-state index in [9.17, 15) is 4.79 Å². The summed E-state index contributed by atoms with van der Waals surface area (Å²) in [5.74, 6) is -0.730. The Balaban J connectivity index is 0.00000180. The first-order chi connectivity index (χ1) is 8.72. The van der Waals surface area contributed by atoms with Gasteiger partial charge in [0.25, 0.3) is 0 Å². The Bertz CT molecular complexity index is 422. The average Bonchev–Trinajstić information content (AvgIpc) is 2.37. The number of aryl methyl sites for hydroxylation is 1. The molecule has 4 heteroatoms. The van der Waals surface area contributed by atoms with Crippen LogP contribution in [0.1, 0.15) is 43.4 Å². The number of carbonyl (C=O) groups is 1. The maximum atomic E-state index is 11.0. The first-order valence-electron chi connectivity index (χ1n) is 6.76. The summed E-state index contributed by atoms with van der Waals surface area (Å²) in [5, 5.41) is 9.05. The van der Waals surface area contributed by atoms with Crippen LogP contribution in [-0.4, -0.2) is 29.1 Å². The molecular formula is C15H22ClNO2. The zero-order valence-corrected chi connectivity index (χ0v) is 12.2. The second-order valence-corrected chi connectivity index (χ2v) is 4.97. The van der Waals surface area contributed by atoms with Gasteiger partial charge in [-0.05, 0) is 43.4 Å². The van der Waals surface area contributed by atoms with Crippen LogP contribution in [0.15, 0.2) is 24.3 Å². The Morgan fingerprint density at radius 2 is 2.16 bits per heavy atom. The van der Waals surface area contributed by atoms with E-state index in [0.717, 1.165) is 32.2 Å². The number of hydrogen-bond acceptors (Lipinski definition) is 2. The van der Waals surface area contributed by atoms with Gasteiger partial charge >= 0.3 is 5.97 Å². The fraction of sp³-hybridized carbons (Fsp3) is 0.533. The van der Waals surface area contributed by atoms with Gasteiger partial charge in [-0.3, -0.25) is 9.69 Å². The molecular weight excluding hydrogens is 262 g/mol. The maximum absolute atomic E-state index is 11.0. The molecule has 1 unspecified atom stereocenters. The van der Waals surface area contributed by atoms with Crippen molar-refractivity contribution in [3.05, 3.63) is 35.4 Å². The van der Waals surface area contributed by atoms with E-state index in [4.69, 9.17) is 5.11 Å². The highest BCUT2D eigenvalue weighted by atomic mass is 35.5. The molecule has 0 saturated carbocycles. The number of halogens is 1. The molecule has 1 atom stereocenters. The minimum Gasteiger partial charge on any atom is -0.480 e. The van der Waals surface area contributed by atoms with Crippen LogP contribution in [0.3, 0.4) is 0 Å². The zero-order chi connectivity index (χ0) is 13.0. The van der Waals surface area contributed by atoms with E-state index < -0.39 is 5.97 Å². The molecule has 0 aliphatic heterocycles. The summed E-state index contributed by atoms with van der Waals surface area (Å²) >= 11 is 0. The van der Waals surface area contributed by atoms with Crippen LogP contribution in [-0.2, 0) is 11.2 Å². The van der Waals surface area contributed by atoms with E-state index in [1.54, 1.807) is 0 Å². The highest BCUT2D eigenvalue weighted by Crippen LogP contribution is 2.34. The largest absolute Gasteiger partial charge is 0.480 e. The van der Waals surface area contributed by atoms with Crippen LogP contribution in [0.25, 0.3) is 0 Å². The third-order valence-corrected chi connectivity index (χ3v) is 3.63. The van der Waals surface area contributed by atoms with Gasteiger partial charge in [0.2, 0.25) is 0 Å². The van der Waals surface area contributed by atoms with Crippen molar-refractivity contribution in [1.29, 1.82) is 0 Å². The summed E-state index contributed by atoms with van der Waals surface area (Å²) in [6, 6.07) is 8.74. The van der Waals surface area contributed by atoms with Gasteiger partial charge in [0.15, 0.2) is 0 Å². The van der Waals surface area contributed by atoms with Crippen LogP contribution < -0.4 is 0 Å². The van der Waals surface area contributed by atoms with E-state index in [0.29, 0.717) is 0 Å². The first-order valence-corrected chi connectivity index (χ1v) is 6.76. The third kappa shape index (κ3) is 3.95. The second kappa shape index (κ2) is 7.51. The molecule has 0 fully saturated rings. The van der Waals surface area contributed by atoms with E-state index >= 15 is 0 Å². The van der Waals surface area contributed by atoms with Gasteiger partial charge in [-0.1, -0.05) is 31.2 Å². The van der Waals surface area contributed by atoms with Crippen molar-refractivity contribution >= 4 is 18.4 Å². The third-order valence-electron chi connectivity index (χ3n) is 3.63. The molecule has 0 bridgehead atoms. The minimum absolute atomic E-state index is 0. The van der Waals surface area contributed by atoms with Gasteiger partial charge < -0.3 is 5.11 Å². The first kappa shape index (κ1) is 16.0. The molecule has 1 aromatic carbocycles. The van der Waals surface area contributed by atoms with Gasteiger partial charge in [-0.2, -0.15) is 0 Å². The van der Waals surface area contributed by atoms with Crippen LogP contribution >= 0.6 is 12.4 Å². The molecule has 1 aliphatic rings. The van der Waals surface area contributed by atoms with Crippen molar-refractivity contribution in [1.82, 2.24) is 4.90 Å². The lowest BCUT2D eigenvalue weighted by molar-refractivity contribution is -0.139. The average molecular weight is 284 g/mol. The number of hydrogen-bond donors (Lipinski definition) is 1. The van der Waals surface area contributed by atoms with Crippen LogP contribution in [0.2, 0.25) is 0 Å². The molecule has 0 radical (unpaired) electrons. The maximum Gasteiger partial charge on any atom is 0.317 e. The molecule has 0 aromatic heterocycles. The quantitative estimate of drug-likeness (QED) is 0.901. The Kier molecular flexibility index (Phi) is 6.32. The molecule has 0 spiro atoms. The standard InChI is InChI=1S/C15H21NO2.ClH/c1-2-10-16(11-15(17)18)14-9-5-7-12-6-3-4-8-13(12)14;/h3-4,6,8,14H,2,5,7,9-11H2,1H3,(H,17,18);1H. The van der Waals surface area contributed by atoms with Crippen molar-refractivity contribution in [3.63, 3.8) is 0 Å². The fourth-order valence-electron chi connectivity index (χ4n) is 2.91. The number of carboxylic acid groups (broad SMARTS) is 1. The number of fused-ring (bicyclic) bond motifs is 1. The minimum atomic E-state index is -0.730. The van der Waals surface area contributed by atoms with E-state index in [2.05, 4.69) is 36.1 Å². The lowest BCUT2D eigenvalue weighted by Gasteiger charge is -2.34. The van der Waals surface area contributed by atoms with Crippen molar-refractivity contribution < 1.29 is 9.90 Å². The molecule has 106 valence electrons. The van der Waals surface area contributed by atoms with Crippen molar-refractivity contribution in [2.24, 2.45) is 0 Å². The Morgan fingerprint density at radius 3 is 2.84 bits per heavy atom. The number of carboxylic acids is 1. The smallest absolute Gasteiger partial charge is 0.317 e. The summed E-state index contributed by atoms with van der Waals surface area (Å²) < 4.78 is 0. The Labute approximate surface area is 121 Å². The lowest BCUT2D eigenvalue weighted by atomic mass is 9.86. The summed E-state index contributed by atoms with van der Waals surface area (Å²) in [6.07, 6.45) is 4.34. The predicted molar refractivity (Wildman–Crippen MR) is 78.9 cm³/mol. The number of aliphatic carboxylic acids is 1. The van der Waals surface area contributed by atoms with Crippen LogP contribution in [0, 0.1) is 0 Å². The van der Waals surface area contributed by atoms with Gasteiger partial charge in [0.05, 0.1) is 6.54 Å². The predicted octanol–water partition coefficient (Wildman–Crippen LogP) is 3.28. The fourth-order valence-corrected chi connectivity index (χ4v) is 2.91. The molecule has 0 amide bonds. The van der Waals surface area contributed by atoms with Gasteiger partial charge in [0.1, 0.15) is 0 Å². The molecule has 1 N–H and O–H groups in total. The molecule has 19 heavy (non-hydrogen) atoms. The Hall–Kier alpha value is -1.06. The van der Waals surface area contributed by atoms with E-state index in [-0.39, 0.29) is 25.0 Å². The molecule has 1 aliphatic carbocycles. The SMILES string of the molecule is CCCN(CC(=O)O)C1CCCc2ccccc21.Cl. The summed E-state index contributed by atoms with van der Waals surface area (Å²) in [7, 11) is 0.